The van der Waals surface area contributed by atoms with Gasteiger partial charge in [0.1, 0.15) is 10.7 Å². The van der Waals surface area contributed by atoms with Crippen LogP contribution in [0.1, 0.15) is 25.7 Å². The number of hydrogen-bond donors (Lipinski definition) is 2. The van der Waals surface area contributed by atoms with Gasteiger partial charge in [-0.1, -0.05) is 12.1 Å². The minimum Gasteiger partial charge on any atom is -0.356 e. The first-order valence-corrected chi connectivity index (χ1v) is 10.7. The van der Waals surface area contributed by atoms with E-state index >= 15 is 0 Å². The maximum absolute atomic E-state index is 13.8. The summed E-state index contributed by atoms with van der Waals surface area (Å²) in [5.41, 5.74) is 0. The molecule has 3 rings (SSSR count). The van der Waals surface area contributed by atoms with E-state index in [9.17, 15) is 17.6 Å². The van der Waals surface area contributed by atoms with Crippen molar-refractivity contribution in [1.29, 1.82) is 0 Å². The standard InChI is InChI=1S/C18H26FN3O3S/c19-16-3-1-2-4-17(16)26(24,25)22-11-7-15(8-12-22)18(23)21-10-6-14-5-9-20-13-14/h1-4,14-15,20H,5-13H2,(H,21,23). The third-order valence-electron chi connectivity index (χ3n) is 5.29. The van der Waals surface area contributed by atoms with E-state index in [1.807, 2.05) is 0 Å². The number of amides is 1. The molecule has 8 heteroatoms. The summed E-state index contributed by atoms with van der Waals surface area (Å²) < 4.78 is 40.3. The minimum atomic E-state index is -3.85. The zero-order valence-corrected chi connectivity index (χ0v) is 15.6. The maximum Gasteiger partial charge on any atom is 0.245 e. The van der Waals surface area contributed by atoms with Crippen molar-refractivity contribution in [2.45, 2.75) is 30.6 Å². The number of piperidine rings is 1. The zero-order valence-electron chi connectivity index (χ0n) is 14.8. The highest BCUT2D eigenvalue weighted by atomic mass is 32.2. The first-order valence-electron chi connectivity index (χ1n) is 9.21. The fraction of sp³-hybridized carbons (Fsp3) is 0.611. The molecule has 0 aliphatic carbocycles. The molecule has 26 heavy (non-hydrogen) atoms. The molecule has 0 aromatic heterocycles. The monoisotopic (exact) mass is 383 g/mol. The minimum absolute atomic E-state index is 0.00102. The largest absolute Gasteiger partial charge is 0.356 e. The molecule has 1 unspecified atom stereocenters. The van der Waals surface area contributed by atoms with Crippen LogP contribution in [0.15, 0.2) is 29.2 Å². The van der Waals surface area contributed by atoms with Gasteiger partial charge in [-0.05, 0) is 56.8 Å². The van der Waals surface area contributed by atoms with Crippen LogP contribution in [0.25, 0.3) is 0 Å². The average Bonchev–Trinajstić information content (AvgIpc) is 3.15. The summed E-state index contributed by atoms with van der Waals surface area (Å²) >= 11 is 0. The maximum atomic E-state index is 13.8. The molecular weight excluding hydrogens is 357 g/mol. The van der Waals surface area contributed by atoms with Gasteiger partial charge in [0.25, 0.3) is 0 Å². The van der Waals surface area contributed by atoms with Crippen LogP contribution < -0.4 is 10.6 Å². The van der Waals surface area contributed by atoms with Crippen molar-refractivity contribution in [2.75, 3.05) is 32.7 Å². The Balaban J connectivity index is 1.49. The quantitative estimate of drug-likeness (QED) is 0.777. The highest BCUT2D eigenvalue weighted by Gasteiger charge is 2.33. The molecule has 2 N–H and O–H groups in total. The van der Waals surface area contributed by atoms with Gasteiger partial charge in [-0.15, -0.1) is 0 Å². The third-order valence-corrected chi connectivity index (χ3v) is 7.23. The SMILES string of the molecule is O=C(NCCC1CCNC1)C1CCN(S(=O)(=O)c2ccccc2F)CC1. The number of carbonyl (C=O) groups is 1. The van der Waals surface area contributed by atoms with Gasteiger partial charge in [0.15, 0.2) is 0 Å². The molecule has 2 fully saturated rings. The second kappa shape index (κ2) is 8.45. The Morgan fingerprint density at radius 3 is 2.62 bits per heavy atom. The Bertz CT molecular complexity index is 727. The molecule has 2 saturated heterocycles. The van der Waals surface area contributed by atoms with Crippen LogP contribution in [0.2, 0.25) is 0 Å². The van der Waals surface area contributed by atoms with Crippen LogP contribution in [-0.4, -0.2) is 51.4 Å². The van der Waals surface area contributed by atoms with E-state index < -0.39 is 15.8 Å². The molecule has 1 atom stereocenters. The zero-order chi connectivity index (χ0) is 18.6. The number of sulfonamides is 1. The van der Waals surface area contributed by atoms with E-state index in [0.29, 0.717) is 25.3 Å². The third kappa shape index (κ3) is 4.42. The lowest BCUT2D eigenvalue weighted by Crippen LogP contribution is -2.43. The van der Waals surface area contributed by atoms with Crippen molar-refractivity contribution in [1.82, 2.24) is 14.9 Å². The number of hydrogen-bond acceptors (Lipinski definition) is 4. The number of carbonyl (C=O) groups excluding carboxylic acids is 1. The van der Waals surface area contributed by atoms with E-state index in [1.54, 1.807) is 0 Å². The summed E-state index contributed by atoms with van der Waals surface area (Å²) in [7, 11) is -3.85. The summed E-state index contributed by atoms with van der Waals surface area (Å²) in [5.74, 6) is -0.292. The van der Waals surface area contributed by atoms with Gasteiger partial charge >= 0.3 is 0 Å². The Hall–Kier alpha value is -1.51. The van der Waals surface area contributed by atoms with Gasteiger partial charge in [-0.25, -0.2) is 12.8 Å². The van der Waals surface area contributed by atoms with Crippen molar-refractivity contribution >= 4 is 15.9 Å². The molecule has 2 heterocycles. The molecule has 144 valence electrons. The van der Waals surface area contributed by atoms with Gasteiger partial charge in [-0.3, -0.25) is 4.79 Å². The van der Waals surface area contributed by atoms with Crippen LogP contribution >= 0.6 is 0 Å². The Labute approximate surface area is 154 Å². The van der Waals surface area contributed by atoms with Crippen LogP contribution in [-0.2, 0) is 14.8 Å². The fourth-order valence-corrected chi connectivity index (χ4v) is 5.19. The smallest absolute Gasteiger partial charge is 0.245 e. The first-order chi connectivity index (χ1) is 12.5. The molecule has 0 saturated carbocycles. The highest BCUT2D eigenvalue weighted by molar-refractivity contribution is 7.89. The average molecular weight is 383 g/mol. The van der Waals surface area contributed by atoms with Crippen LogP contribution in [0.4, 0.5) is 4.39 Å². The topological polar surface area (TPSA) is 78.5 Å². The van der Waals surface area contributed by atoms with Crippen LogP contribution in [0.3, 0.4) is 0 Å². The molecule has 0 bridgehead atoms. The second-order valence-electron chi connectivity index (χ2n) is 7.05. The molecule has 6 nitrogen and oxygen atoms in total. The summed E-state index contributed by atoms with van der Waals surface area (Å²) in [5, 5.41) is 6.29. The van der Waals surface area contributed by atoms with Crippen LogP contribution in [0.5, 0.6) is 0 Å². The van der Waals surface area contributed by atoms with Crippen molar-refractivity contribution in [3.8, 4) is 0 Å². The molecule has 1 aromatic carbocycles. The first kappa shape index (κ1) is 19.3. The summed E-state index contributed by atoms with van der Waals surface area (Å²) in [4.78, 5) is 12.0. The lowest BCUT2D eigenvalue weighted by atomic mass is 9.97. The van der Waals surface area contributed by atoms with E-state index in [4.69, 9.17) is 0 Å². The lowest BCUT2D eigenvalue weighted by Gasteiger charge is -2.30. The van der Waals surface area contributed by atoms with E-state index in [-0.39, 0.29) is 29.8 Å². The normalized spacial score (nSPS) is 22.4. The number of halogens is 1. The van der Waals surface area contributed by atoms with E-state index in [2.05, 4.69) is 10.6 Å². The van der Waals surface area contributed by atoms with Crippen molar-refractivity contribution < 1.29 is 17.6 Å². The Morgan fingerprint density at radius 1 is 1.23 bits per heavy atom. The summed E-state index contributed by atoms with van der Waals surface area (Å²) in [6.45, 7) is 3.21. The highest BCUT2D eigenvalue weighted by Crippen LogP contribution is 2.25. The number of nitrogens with zero attached hydrogens (tertiary/aromatic N) is 1. The van der Waals surface area contributed by atoms with Gasteiger partial charge in [0.05, 0.1) is 0 Å². The molecular formula is C18H26FN3O3S. The fourth-order valence-electron chi connectivity index (χ4n) is 3.66. The molecule has 2 aliphatic rings. The molecule has 2 aliphatic heterocycles. The van der Waals surface area contributed by atoms with E-state index in [0.717, 1.165) is 32.0 Å². The Kier molecular flexibility index (Phi) is 6.26. The van der Waals surface area contributed by atoms with Gasteiger partial charge < -0.3 is 10.6 Å². The molecule has 1 aromatic rings. The second-order valence-corrected chi connectivity index (χ2v) is 8.95. The van der Waals surface area contributed by atoms with Crippen LogP contribution in [0, 0.1) is 17.7 Å². The van der Waals surface area contributed by atoms with Gasteiger partial charge in [-0.2, -0.15) is 4.31 Å². The predicted octanol–water partition coefficient (Wildman–Crippen LogP) is 1.34. The molecule has 0 spiro atoms. The number of nitrogens with one attached hydrogen (secondary N) is 2. The summed E-state index contributed by atoms with van der Waals surface area (Å²) in [6, 6.07) is 5.40. The molecule has 1 amide bonds. The van der Waals surface area contributed by atoms with Crippen molar-refractivity contribution in [3.63, 3.8) is 0 Å². The lowest BCUT2D eigenvalue weighted by molar-refractivity contribution is -0.126. The van der Waals surface area contributed by atoms with E-state index in [1.165, 1.54) is 22.5 Å². The van der Waals surface area contributed by atoms with Gasteiger partial charge in [0, 0.05) is 25.6 Å². The Morgan fingerprint density at radius 2 is 1.96 bits per heavy atom. The van der Waals surface area contributed by atoms with Gasteiger partial charge in [0.2, 0.25) is 15.9 Å². The number of benzene rings is 1. The van der Waals surface area contributed by atoms with Crippen molar-refractivity contribution in [3.05, 3.63) is 30.1 Å². The number of rotatable bonds is 6. The predicted molar refractivity (Wildman–Crippen MR) is 96.5 cm³/mol. The molecule has 0 radical (unpaired) electrons. The van der Waals surface area contributed by atoms with Crippen molar-refractivity contribution in [2.24, 2.45) is 11.8 Å². The summed E-state index contributed by atoms with van der Waals surface area (Å²) in [6.07, 6.45) is 3.05.